The summed E-state index contributed by atoms with van der Waals surface area (Å²) < 4.78 is 5.50. The SMILES string of the molecule is CCCCCCCCCCCCCC(=O)Nc1ccc(Cl)c(N[N]c2cc(C(=O)OCCCCCCCCCCCC)ccc2Cl)c1. The van der Waals surface area contributed by atoms with Gasteiger partial charge in [0.25, 0.3) is 0 Å². The van der Waals surface area contributed by atoms with Crippen molar-refractivity contribution >= 4 is 52.1 Å². The normalized spacial score (nSPS) is 11.0. The van der Waals surface area contributed by atoms with Crippen molar-refractivity contribution in [3.8, 4) is 0 Å². The number of amides is 1. The van der Waals surface area contributed by atoms with Crippen LogP contribution in [0.3, 0.4) is 0 Å². The fraction of sp³-hybridized carbons (Fsp3) is 0.641. The first-order valence-electron chi connectivity index (χ1n) is 18.5. The number of rotatable bonds is 28. The highest BCUT2D eigenvalue weighted by Crippen LogP contribution is 2.28. The number of nitrogens with zero attached hydrogens (tertiary/aromatic N) is 1. The molecule has 0 fully saturated rings. The van der Waals surface area contributed by atoms with E-state index in [0.29, 0.717) is 45.7 Å². The lowest BCUT2D eigenvalue weighted by molar-refractivity contribution is -0.116. The molecule has 2 aromatic rings. The number of benzene rings is 2. The number of carbonyl (C=O) groups excluding carboxylic acids is 2. The molecule has 0 aromatic heterocycles. The van der Waals surface area contributed by atoms with Crippen molar-refractivity contribution in [2.45, 2.75) is 155 Å². The molecular formula is C39H60Cl2N3O3. The molecule has 0 heterocycles. The number of carbonyl (C=O) groups is 2. The molecule has 0 bridgehead atoms. The largest absolute Gasteiger partial charge is 0.462 e. The number of hydrogen-bond acceptors (Lipinski definition) is 4. The van der Waals surface area contributed by atoms with Gasteiger partial charge in [0.2, 0.25) is 5.91 Å². The van der Waals surface area contributed by atoms with E-state index in [1.807, 2.05) is 0 Å². The third-order valence-electron chi connectivity index (χ3n) is 8.47. The molecule has 0 saturated carbocycles. The van der Waals surface area contributed by atoms with E-state index in [4.69, 9.17) is 27.9 Å². The second kappa shape index (κ2) is 26.5. The molecule has 2 rings (SSSR count). The van der Waals surface area contributed by atoms with Crippen LogP contribution >= 0.6 is 23.2 Å². The Morgan fingerprint density at radius 2 is 1.15 bits per heavy atom. The molecule has 0 spiro atoms. The summed E-state index contributed by atoms with van der Waals surface area (Å²) in [6.45, 7) is 4.89. The molecule has 6 nitrogen and oxygen atoms in total. The van der Waals surface area contributed by atoms with Crippen LogP contribution in [0.25, 0.3) is 0 Å². The molecule has 0 aliphatic heterocycles. The summed E-state index contributed by atoms with van der Waals surface area (Å²) in [6.07, 6.45) is 26.5. The van der Waals surface area contributed by atoms with E-state index in [2.05, 4.69) is 30.0 Å². The molecule has 0 atom stereocenters. The van der Waals surface area contributed by atoms with Crippen LogP contribution in [0.5, 0.6) is 0 Å². The maximum atomic E-state index is 12.6. The van der Waals surface area contributed by atoms with Gasteiger partial charge in [0, 0.05) is 12.1 Å². The predicted octanol–water partition coefficient (Wildman–Crippen LogP) is 13.0. The molecule has 0 aliphatic carbocycles. The standard InChI is InChI=1S/C39H60Cl2N3O3/c1-3-5-7-9-11-13-15-16-18-20-22-24-38(45)42-33-26-28-35(41)37(31-33)44-43-36-30-32(25-27-34(36)40)39(46)47-29-23-21-19-17-14-12-10-8-6-4-2/h25-28,30-31,44H,3-24,29H2,1-2H3,(H,42,45). The Morgan fingerprint density at radius 1 is 0.638 bits per heavy atom. The van der Waals surface area contributed by atoms with Gasteiger partial charge in [0.05, 0.1) is 27.9 Å². The van der Waals surface area contributed by atoms with E-state index in [1.54, 1.807) is 36.4 Å². The molecule has 263 valence electrons. The Hall–Kier alpha value is -2.44. The maximum absolute atomic E-state index is 12.6. The number of unbranched alkanes of at least 4 members (excludes halogenated alkanes) is 19. The van der Waals surface area contributed by atoms with E-state index < -0.39 is 5.97 Å². The summed E-state index contributed by atoms with van der Waals surface area (Å²) in [5, 5.41) is 3.79. The molecular weight excluding hydrogens is 629 g/mol. The summed E-state index contributed by atoms with van der Waals surface area (Å²) in [6, 6.07) is 10.1. The van der Waals surface area contributed by atoms with Crippen LogP contribution in [-0.4, -0.2) is 18.5 Å². The summed E-state index contributed by atoms with van der Waals surface area (Å²) in [4.78, 5) is 25.2. The minimum atomic E-state index is -0.394. The Kier molecular flexibility index (Phi) is 23.0. The Bertz CT molecular complexity index is 1140. The number of ether oxygens (including phenoxy) is 1. The van der Waals surface area contributed by atoms with Crippen LogP contribution in [0.4, 0.5) is 17.1 Å². The minimum Gasteiger partial charge on any atom is -0.462 e. The van der Waals surface area contributed by atoms with Gasteiger partial charge in [-0.05, 0) is 49.2 Å². The van der Waals surface area contributed by atoms with Crippen LogP contribution in [0.1, 0.15) is 165 Å². The molecule has 47 heavy (non-hydrogen) atoms. The van der Waals surface area contributed by atoms with Crippen molar-refractivity contribution in [2.75, 3.05) is 17.3 Å². The number of esters is 1. The minimum absolute atomic E-state index is 0.0156. The third-order valence-corrected chi connectivity index (χ3v) is 9.12. The van der Waals surface area contributed by atoms with Crippen LogP contribution in [0, 0.1) is 0 Å². The van der Waals surface area contributed by atoms with Crippen molar-refractivity contribution in [1.29, 1.82) is 0 Å². The summed E-state index contributed by atoms with van der Waals surface area (Å²) >= 11 is 12.8. The highest BCUT2D eigenvalue weighted by atomic mass is 35.5. The number of halogens is 2. The van der Waals surface area contributed by atoms with Crippen LogP contribution in [-0.2, 0) is 9.53 Å². The molecule has 8 heteroatoms. The van der Waals surface area contributed by atoms with Crippen molar-refractivity contribution in [2.24, 2.45) is 0 Å². The summed E-state index contributed by atoms with van der Waals surface area (Å²) in [5.41, 5.74) is 9.25. The second-order valence-electron chi connectivity index (χ2n) is 12.7. The van der Waals surface area contributed by atoms with Gasteiger partial charge >= 0.3 is 5.97 Å². The first-order valence-corrected chi connectivity index (χ1v) is 19.2. The van der Waals surface area contributed by atoms with Gasteiger partial charge in [0.1, 0.15) is 5.69 Å². The van der Waals surface area contributed by atoms with Crippen molar-refractivity contribution in [3.63, 3.8) is 0 Å². The topological polar surface area (TPSA) is 81.5 Å². The smallest absolute Gasteiger partial charge is 0.338 e. The van der Waals surface area contributed by atoms with Crippen LogP contribution < -0.4 is 16.2 Å². The first-order chi connectivity index (χ1) is 22.9. The fourth-order valence-corrected chi connectivity index (χ4v) is 5.87. The van der Waals surface area contributed by atoms with Crippen molar-refractivity contribution in [3.05, 3.63) is 52.0 Å². The molecule has 1 radical (unpaired) electrons. The molecule has 0 aliphatic rings. The van der Waals surface area contributed by atoms with E-state index in [-0.39, 0.29) is 5.91 Å². The number of nitrogens with one attached hydrogen (secondary N) is 2. The van der Waals surface area contributed by atoms with Crippen molar-refractivity contribution in [1.82, 2.24) is 5.43 Å². The van der Waals surface area contributed by atoms with Gasteiger partial charge < -0.3 is 10.1 Å². The third kappa shape index (κ3) is 19.2. The zero-order valence-electron chi connectivity index (χ0n) is 29.2. The summed E-state index contributed by atoms with van der Waals surface area (Å²) in [5.74, 6) is -0.409. The van der Waals surface area contributed by atoms with E-state index in [0.717, 1.165) is 25.7 Å². The lowest BCUT2D eigenvalue weighted by Gasteiger charge is -2.13. The highest BCUT2D eigenvalue weighted by molar-refractivity contribution is 6.33. The van der Waals surface area contributed by atoms with E-state index in [9.17, 15) is 9.59 Å². The maximum Gasteiger partial charge on any atom is 0.338 e. The monoisotopic (exact) mass is 688 g/mol. The zero-order chi connectivity index (χ0) is 34.0. The number of hydrogen-bond donors (Lipinski definition) is 2. The second-order valence-corrected chi connectivity index (χ2v) is 13.6. The summed E-state index contributed by atoms with van der Waals surface area (Å²) in [7, 11) is 0. The predicted molar refractivity (Wildman–Crippen MR) is 200 cm³/mol. The Balaban J connectivity index is 1.68. The van der Waals surface area contributed by atoms with E-state index >= 15 is 0 Å². The lowest BCUT2D eigenvalue weighted by atomic mass is 10.1. The van der Waals surface area contributed by atoms with Gasteiger partial charge in [-0.3, -0.25) is 10.2 Å². The molecule has 0 unspecified atom stereocenters. The average molecular weight is 690 g/mol. The Labute approximate surface area is 295 Å². The molecule has 2 N–H and O–H groups in total. The quantitative estimate of drug-likeness (QED) is 0.0529. The van der Waals surface area contributed by atoms with Gasteiger partial charge in [0.15, 0.2) is 0 Å². The van der Waals surface area contributed by atoms with Gasteiger partial charge in [-0.1, -0.05) is 159 Å². The first kappa shape index (κ1) is 40.7. The number of anilines is 2. The molecule has 1 amide bonds. The van der Waals surface area contributed by atoms with Crippen LogP contribution in [0.15, 0.2) is 36.4 Å². The lowest BCUT2D eigenvalue weighted by Crippen LogP contribution is -2.13. The molecule has 2 aromatic carbocycles. The van der Waals surface area contributed by atoms with Gasteiger partial charge in [-0.2, -0.15) is 5.43 Å². The average Bonchev–Trinajstić information content (AvgIpc) is 3.06. The zero-order valence-corrected chi connectivity index (χ0v) is 30.7. The fourth-order valence-electron chi connectivity index (χ4n) is 5.55. The van der Waals surface area contributed by atoms with Gasteiger partial charge in [-0.25, -0.2) is 4.79 Å². The van der Waals surface area contributed by atoms with Crippen LogP contribution in [0.2, 0.25) is 10.0 Å². The Morgan fingerprint density at radius 3 is 1.72 bits per heavy atom. The van der Waals surface area contributed by atoms with Gasteiger partial charge in [-0.15, -0.1) is 0 Å². The van der Waals surface area contributed by atoms with E-state index in [1.165, 1.54) is 109 Å². The molecule has 0 saturated heterocycles. The van der Waals surface area contributed by atoms with Crippen molar-refractivity contribution < 1.29 is 14.3 Å². The highest BCUT2D eigenvalue weighted by Gasteiger charge is 2.13.